The Morgan fingerprint density at radius 2 is 1.61 bits per heavy atom. The molecule has 0 radical (unpaired) electrons. The summed E-state index contributed by atoms with van der Waals surface area (Å²) in [5, 5.41) is 6.25. The molecule has 0 saturated carbocycles. The quantitative estimate of drug-likeness (QED) is 0.123. The maximum absolute atomic E-state index is 5.65. The maximum Gasteiger partial charge on any atom is 0.215 e. The molecule has 1 aliphatic heterocycles. The van der Waals surface area contributed by atoms with Gasteiger partial charge in [0.2, 0.25) is 5.69 Å². The van der Waals surface area contributed by atoms with Crippen molar-refractivity contribution >= 4 is 27.6 Å². The standard InChI is InChI=1S/C51H43N3/c1-3-9-35(4-2)36-15-16-38-28-39(18-17-37(38)27-36)40-23-25-54(51(32-40)48-22-19-42-31-50(48)53-33-43-11-5-6-12-46(42)43)45-20-13-34-14-21-47-41(10-7-8-24-52)29-44(30-45)49(47)26-34/h3-12,14-19,21-29,31-32,44-45H,1-2,13,20,30,33,52H2/p+1/b10-7-,24-8-,35-9+. The number of aryl methyl sites for hydroxylation is 1. The molecule has 2 unspecified atom stereocenters. The van der Waals surface area contributed by atoms with Gasteiger partial charge in [0.05, 0.1) is 5.56 Å². The van der Waals surface area contributed by atoms with Crippen LogP contribution in [0.3, 0.4) is 0 Å². The lowest BCUT2D eigenvalue weighted by Gasteiger charge is -2.23. The van der Waals surface area contributed by atoms with Crippen molar-refractivity contribution in [3.63, 3.8) is 0 Å². The normalized spacial score (nSPS) is 17.4. The molecule has 0 saturated heterocycles. The Kier molecular flexibility index (Phi) is 8.76. The monoisotopic (exact) mass is 698 g/mol. The van der Waals surface area contributed by atoms with E-state index in [9.17, 15) is 0 Å². The molecule has 3 N–H and O–H groups in total. The summed E-state index contributed by atoms with van der Waals surface area (Å²) in [6, 6.07) is 41.3. The van der Waals surface area contributed by atoms with Gasteiger partial charge in [0.15, 0.2) is 12.2 Å². The highest BCUT2D eigenvalue weighted by molar-refractivity contribution is 5.92. The van der Waals surface area contributed by atoms with Crippen LogP contribution in [0.15, 0.2) is 177 Å². The van der Waals surface area contributed by atoms with Crippen molar-refractivity contribution in [3.8, 4) is 33.5 Å². The van der Waals surface area contributed by atoms with Crippen LogP contribution in [0.5, 0.6) is 0 Å². The molecule has 3 heteroatoms. The van der Waals surface area contributed by atoms with Crippen LogP contribution < -0.4 is 15.6 Å². The van der Waals surface area contributed by atoms with Gasteiger partial charge in [0.25, 0.3) is 0 Å². The van der Waals surface area contributed by atoms with Crippen LogP contribution in [0.4, 0.5) is 5.69 Å². The second kappa shape index (κ2) is 14.2. The minimum atomic E-state index is 0.307. The molecule has 3 aliphatic rings. The molecule has 0 fully saturated rings. The predicted octanol–water partition coefficient (Wildman–Crippen LogP) is 11.9. The van der Waals surface area contributed by atoms with E-state index in [4.69, 9.17) is 5.73 Å². The molecule has 3 nitrogen and oxygen atoms in total. The van der Waals surface area contributed by atoms with Crippen LogP contribution in [0.1, 0.15) is 52.6 Å². The van der Waals surface area contributed by atoms with Crippen LogP contribution in [-0.4, -0.2) is 0 Å². The first kappa shape index (κ1) is 33.4. The van der Waals surface area contributed by atoms with Crippen molar-refractivity contribution in [2.75, 3.05) is 5.32 Å². The highest BCUT2D eigenvalue weighted by atomic mass is 15.0. The fourth-order valence-corrected chi connectivity index (χ4v) is 8.76. The van der Waals surface area contributed by atoms with Gasteiger partial charge in [0.1, 0.15) is 0 Å². The molecule has 2 heterocycles. The predicted molar refractivity (Wildman–Crippen MR) is 228 cm³/mol. The van der Waals surface area contributed by atoms with E-state index in [2.05, 4.69) is 151 Å². The maximum atomic E-state index is 5.65. The number of allylic oxidation sites excluding steroid dienone is 9. The van der Waals surface area contributed by atoms with Crippen LogP contribution in [0, 0.1) is 0 Å². The zero-order valence-electron chi connectivity index (χ0n) is 30.5. The second-order valence-corrected chi connectivity index (χ2v) is 14.6. The average molecular weight is 699 g/mol. The molecule has 2 aliphatic carbocycles. The molecule has 4 bridgehead atoms. The number of nitrogens with two attached hydrogens (primary N) is 1. The van der Waals surface area contributed by atoms with Crippen molar-refractivity contribution in [2.45, 2.75) is 37.8 Å². The first-order chi connectivity index (χ1) is 26.6. The van der Waals surface area contributed by atoms with E-state index < -0.39 is 0 Å². The van der Waals surface area contributed by atoms with Crippen molar-refractivity contribution in [1.82, 2.24) is 0 Å². The smallest absolute Gasteiger partial charge is 0.215 e. The summed E-state index contributed by atoms with van der Waals surface area (Å²) in [6.07, 6.45) is 21.4. The largest absolute Gasteiger partial charge is 0.405 e. The molecule has 1 aromatic heterocycles. The molecule has 2 atom stereocenters. The Bertz CT molecular complexity index is 2600. The summed E-state index contributed by atoms with van der Waals surface area (Å²) >= 11 is 0. The van der Waals surface area contributed by atoms with Crippen LogP contribution in [0.2, 0.25) is 0 Å². The summed E-state index contributed by atoms with van der Waals surface area (Å²) in [6.45, 7) is 8.68. The zero-order chi connectivity index (χ0) is 36.6. The summed E-state index contributed by atoms with van der Waals surface area (Å²) in [5.41, 5.74) is 23.3. The molecule has 5 aromatic carbocycles. The summed E-state index contributed by atoms with van der Waals surface area (Å²) in [4.78, 5) is 0. The number of aromatic nitrogens is 1. The lowest BCUT2D eigenvalue weighted by Crippen LogP contribution is -2.42. The Balaban J connectivity index is 1.15. The van der Waals surface area contributed by atoms with E-state index in [1.54, 1.807) is 6.20 Å². The first-order valence-corrected chi connectivity index (χ1v) is 19.0. The van der Waals surface area contributed by atoms with E-state index in [0.717, 1.165) is 36.9 Å². The third-order valence-corrected chi connectivity index (χ3v) is 11.5. The van der Waals surface area contributed by atoms with Crippen LogP contribution in [0.25, 0.3) is 55.4 Å². The number of hydrogen-bond acceptors (Lipinski definition) is 2. The number of pyridine rings is 1. The average Bonchev–Trinajstić information content (AvgIpc) is 3.45. The van der Waals surface area contributed by atoms with Gasteiger partial charge >= 0.3 is 0 Å². The molecule has 0 amide bonds. The number of hydrogen-bond donors (Lipinski definition) is 2. The Labute approximate surface area is 318 Å². The number of rotatable bonds is 8. The minimum absolute atomic E-state index is 0.307. The number of nitrogens with zero attached hydrogens (tertiary/aromatic N) is 1. The SMILES string of the molecule is C=C/C=C(\C=C)c1ccc2cc(-c3cc[n+](C4CCc5ccc6c(c5)C(C=C6/C=C\C=C/N)C4)c(-c4ccc5cc4NCc4ccccc4-5)c3)ccc2c1. The van der Waals surface area contributed by atoms with Gasteiger partial charge in [-0.3, -0.25) is 0 Å². The first-order valence-electron chi connectivity index (χ1n) is 19.0. The fraction of sp³-hybridized carbons (Fsp3) is 0.118. The third-order valence-electron chi connectivity index (χ3n) is 11.5. The van der Waals surface area contributed by atoms with Gasteiger partial charge in [-0.25, -0.2) is 0 Å². The third kappa shape index (κ3) is 6.12. The van der Waals surface area contributed by atoms with Crippen molar-refractivity contribution in [1.29, 1.82) is 0 Å². The van der Waals surface area contributed by atoms with Gasteiger partial charge in [-0.05, 0) is 115 Å². The molecule has 54 heavy (non-hydrogen) atoms. The number of fused-ring (bicyclic) bond motifs is 6. The zero-order valence-corrected chi connectivity index (χ0v) is 30.5. The highest BCUT2D eigenvalue weighted by Crippen LogP contribution is 2.44. The van der Waals surface area contributed by atoms with Crippen molar-refractivity contribution in [3.05, 3.63) is 205 Å². The summed E-state index contributed by atoms with van der Waals surface area (Å²) < 4.78 is 2.58. The van der Waals surface area contributed by atoms with Gasteiger partial charge in [-0.15, -0.1) is 0 Å². The number of anilines is 1. The van der Waals surface area contributed by atoms with Gasteiger partial charge in [-0.2, -0.15) is 4.57 Å². The lowest BCUT2D eigenvalue weighted by molar-refractivity contribution is -0.714. The van der Waals surface area contributed by atoms with E-state index in [1.165, 1.54) is 77.8 Å². The van der Waals surface area contributed by atoms with Crippen LogP contribution >= 0.6 is 0 Å². The fourth-order valence-electron chi connectivity index (χ4n) is 8.76. The highest BCUT2D eigenvalue weighted by Gasteiger charge is 2.34. The molecule has 6 aromatic rings. The number of benzene rings is 5. The van der Waals surface area contributed by atoms with E-state index in [1.807, 2.05) is 30.4 Å². The molecule has 0 spiro atoms. The Hall–Kier alpha value is -6.45. The molecule has 262 valence electrons. The minimum Gasteiger partial charge on any atom is -0.405 e. The summed E-state index contributed by atoms with van der Waals surface area (Å²) in [7, 11) is 0. The van der Waals surface area contributed by atoms with Crippen molar-refractivity contribution in [2.24, 2.45) is 5.73 Å². The molecule has 9 rings (SSSR count). The van der Waals surface area contributed by atoms with Crippen LogP contribution in [-0.2, 0) is 13.0 Å². The lowest BCUT2D eigenvalue weighted by atomic mass is 9.86. The Morgan fingerprint density at radius 1 is 0.778 bits per heavy atom. The van der Waals surface area contributed by atoms with Gasteiger partial charge in [-0.1, -0.05) is 122 Å². The molecular weight excluding hydrogens is 655 g/mol. The van der Waals surface area contributed by atoms with Gasteiger partial charge in [0, 0.05) is 43.1 Å². The summed E-state index contributed by atoms with van der Waals surface area (Å²) in [5.74, 6) is 0.344. The number of nitrogens with one attached hydrogen (secondary N) is 1. The second-order valence-electron chi connectivity index (χ2n) is 14.6. The van der Waals surface area contributed by atoms with Crippen molar-refractivity contribution < 1.29 is 4.57 Å². The van der Waals surface area contributed by atoms with E-state index >= 15 is 0 Å². The molecular formula is C51H44N3+. The van der Waals surface area contributed by atoms with E-state index in [-0.39, 0.29) is 0 Å². The Morgan fingerprint density at radius 3 is 2.50 bits per heavy atom. The van der Waals surface area contributed by atoms with Gasteiger partial charge < -0.3 is 11.1 Å². The van der Waals surface area contributed by atoms with E-state index in [0.29, 0.717) is 12.0 Å². The topological polar surface area (TPSA) is 41.9 Å².